The highest BCUT2D eigenvalue weighted by molar-refractivity contribution is 5.20. The summed E-state index contributed by atoms with van der Waals surface area (Å²) >= 11 is 0. The van der Waals surface area contributed by atoms with Gasteiger partial charge in [0.25, 0.3) is 0 Å². The molecule has 17 heavy (non-hydrogen) atoms. The molecule has 0 aliphatic rings. The van der Waals surface area contributed by atoms with E-state index in [1.165, 1.54) is 11.1 Å². The summed E-state index contributed by atoms with van der Waals surface area (Å²) in [6.07, 6.45) is 3.71. The second-order valence-corrected chi connectivity index (χ2v) is 4.47. The fourth-order valence-electron chi connectivity index (χ4n) is 1.99. The maximum Gasteiger partial charge on any atom is 0.105 e. The molecule has 0 saturated carbocycles. The summed E-state index contributed by atoms with van der Waals surface area (Å²) in [6.45, 7) is 5.80. The summed E-state index contributed by atoms with van der Waals surface area (Å²) in [6, 6.07) is 6.17. The minimum absolute atomic E-state index is 0.900. The number of hydrogen-bond acceptors (Lipinski definition) is 3. The first-order chi connectivity index (χ1) is 8.15. The summed E-state index contributed by atoms with van der Waals surface area (Å²) in [5, 5.41) is 0. The van der Waals surface area contributed by atoms with Crippen LogP contribution in [0.15, 0.2) is 35.0 Å². The quantitative estimate of drug-likeness (QED) is 0.808. The Bertz CT molecular complexity index is 476. The minimum atomic E-state index is 0.900. The van der Waals surface area contributed by atoms with Crippen molar-refractivity contribution < 1.29 is 4.42 Å². The van der Waals surface area contributed by atoms with Crippen LogP contribution < -0.4 is 0 Å². The van der Waals surface area contributed by atoms with Crippen molar-refractivity contribution >= 4 is 0 Å². The third-order valence-corrected chi connectivity index (χ3v) is 2.76. The predicted octanol–water partition coefficient (Wildman–Crippen LogP) is 2.92. The Morgan fingerprint density at radius 2 is 2.12 bits per heavy atom. The van der Waals surface area contributed by atoms with E-state index in [0.717, 1.165) is 24.6 Å². The zero-order valence-electron chi connectivity index (χ0n) is 10.6. The van der Waals surface area contributed by atoms with E-state index in [4.69, 9.17) is 4.42 Å². The lowest BCUT2D eigenvalue weighted by Crippen LogP contribution is -2.17. The van der Waals surface area contributed by atoms with Crippen molar-refractivity contribution in [3.8, 4) is 0 Å². The minimum Gasteiger partial charge on any atom is -0.466 e. The SMILES string of the molecule is Cc1cc(CN(C)Cc2cccnc2)c(C)o1. The highest BCUT2D eigenvalue weighted by Crippen LogP contribution is 2.16. The van der Waals surface area contributed by atoms with Crippen LogP contribution in [-0.4, -0.2) is 16.9 Å². The Labute approximate surface area is 102 Å². The normalized spacial score (nSPS) is 11.1. The van der Waals surface area contributed by atoms with Crippen LogP contribution in [0.5, 0.6) is 0 Å². The molecule has 0 unspecified atom stereocenters. The highest BCUT2D eigenvalue weighted by atomic mass is 16.3. The number of aromatic nitrogens is 1. The molecule has 0 amide bonds. The van der Waals surface area contributed by atoms with E-state index >= 15 is 0 Å². The first-order valence-electron chi connectivity index (χ1n) is 5.78. The molecule has 3 heteroatoms. The van der Waals surface area contributed by atoms with Gasteiger partial charge in [-0.2, -0.15) is 0 Å². The van der Waals surface area contributed by atoms with Crippen molar-refractivity contribution in [3.63, 3.8) is 0 Å². The zero-order chi connectivity index (χ0) is 12.3. The Balaban J connectivity index is 1.98. The molecule has 0 aliphatic heterocycles. The van der Waals surface area contributed by atoms with Crippen molar-refractivity contribution in [1.29, 1.82) is 0 Å². The van der Waals surface area contributed by atoms with Crippen LogP contribution >= 0.6 is 0 Å². The van der Waals surface area contributed by atoms with Gasteiger partial charge in [0.15, 0.2) is 0 Å². The van der Waals surface area contributed by atoms with Gasteiger partial charge < -0.3 is 4.42 Å². The van der Waals surface area contributed by atoms with E-state index in [0.29, 0.717) is 0 Å². The maximum atomic E-state index is 5.53. The molecule has 0 aliphatic carbocycles. The molecular weight excluding hydrogens is 212 g/mol. The molecule has 0 aromatic carbocycles. The first-order valence-corrected chi connectivity index (χ1v) is 5.78. The molecule has 2 heterocycles. The molecule has 2 aromatic rings. The van der Waals surface area contributed by atoms with Crippen molar-refractivity contribution in [2.45, 2.75) is 26.9 Å². The van der Waals surface area contributed by atoms with Gasteiger partial charge in [-0.25, -0.2) is 0 Å². The predicted molar refractivity (Wildman–Crippen MR) is 67.6 cm³/mol. The van der Waals surface area contributed by atoms with Crippen LogP contribution in [0.25, 0.3) is 0 Å². The molecule has 3 nitrogen and oxygen atoms in total. The zero-order valence-corrected chi connectivity index (χ0v) is 10.6. The first kappa shape index (κ1) is 11.9. The molecule has 0 N–H and O–H groups in total. The average Bonchev–Trinajstić information content (AvgIpc) is 2.58. The van der Waals surface area contributed by atoms with Crippen molar-refractivity contribution in [1.82, 2.24) is 9.88 Å². The molecule has 0 bridgehead atoms. The molecule has 0 atom stereocenters. The number of nitrogens with zero attached hydrogens (tertiary/aromatic N) is 2. The Hall–Kier alpha value is -1.61. The smallest absolute Gasteiger partial charge is 0.105 e. The molecule has 0 radical (unpaired) electrons. The van der Waals surface area contributed by atoms with Gasteiger partial charge in [-0.1, -0.05) is 6.07 Å². The molecular formula is C14H18N2O. The number of furan rings is 1. The van der Waals surface area contributed by atoms with Crippen LogP contribution in [0.2, 0.25) is 0 Å². The Morgan fingerprint density at radius 3 is 2.71 bits per heavy atom. The van der Waals surface area contributed by atoms with Gasteiger partial charge in [0.2, 0.25) is 0 Å². The lowest BCUT2D eigenvalue weighted by molar-refractivity contribution is 0.316. The van der Waals surface area contributed by atoms with Crippen LogP contribution in [0, 0.1) is 13.8 Å². The van der Waals surface area contributed by atoms with E-state index in [2.05, 4.69) is 29.1 Å². The van der Waals surface area contributed by atoms with Gasteiger partial charge in [-0.3, -0.25) is 9.88 Å². The summed E-state index contributed by atoms with van der Waals surface area (Å²) < 4.78 is 5.53. The number of pyridine rings is 1. The fraction of sp³-hybridized carbons (Fsp3) is 0.357. The lowest BCUT2D eigenvalue weighted by atomic mass is 10.2. The lowest BCUT2D eigenvalue weighted by Gasteiger charge is -2.15. The summed E-state index contributed by atoms with van der Waals surface area (Å²) in [4.78, 5) is 6.38. The van der Waals surface area contributed by atoms with Crippen molar-refractivity contribution in [2.24, 2.45) is 0 Å². The molecule has 0 spiro atoms. The summed E-state index contributed by atoms with van der Waals surface area (Å²) in [5.41, 5.74) is 2.49. The molecule has 2 aromatic heterocycles. The standard InChI is InChI=1S/C14H18N2O/c1-11-7-14(12(2)17-11)10-16(3)9-13-5-4-6-15-8-13/h4-8H,9-10H2,1-3H3. The van der Waals surface area contributed by atoms with E-state index in [9.17, 15) is 0 Å². The van der Waals surface area contributed by atoms with Crippen LogP contribution in [0.1, 0.15) is 22.6 Å². The molecule has 0 fully saturated rings. The maximum absolute atomic E-state index is 5.53. The van der Waals surface area contributed by atoms with Crippen LogP contribution in [0.3, 0.4) is 0 Å². The Morgan fingerprint density at radius 1 is 1.29 bits per heavy atom. The van der Waals surface area contributed by atoms with E-state index in [1.54, 1.807) is 6.20 Å². The molecule has 0 saturated heterocycles. The Kier molecular flexibility index (Phi) is 3.59. The monoisotopic (exact) mass is 230 g/mol. The van der Waals surface area contributed by atoms with E-state index in [1.807, 2.05) is 26.1 Å². The van der Waals surface area contributed by atoms with E-state index in [-0.39, 0.29) is 0 Å². The number of aryl methyl sites for hydroxylation is 2. The average molecular weight is 230 g/mol. The summed E-state index contributed by atoms with van der Waals surface area (Å²) in [5.74, 6) is 1.99. The van der Waals surface area contributed by atoms with Gasteiger partial charge in [0.1, 0.15) is 11.5 Å². The number of rotatable bonds is 4. The topological polar surface area (TPSA) is 29.3 Å². The third kappa shape index (κ3) is 3.17. The second kappa shape index (κ2) is 5.15. The van der Waals surface area contributed by atoms with Gasteiger partial charge in [0.05, 0.1) is 0 Å². The van der Waals surface area contributed by atoms with Gasteiger partial charge in [-0.15, -0.1) is 0 Å². The molecule has 2 rings (SSSR count). The number of hydrogen-bond donors (Lipinski definition) is 0. The van der Waals surface area contributed by atoms with Crippen molar-refractivity contribution in [3.05, 3.63) is 53.2 Å². The van der Waals surface area contributed by atoms with Gasteiger partial charge >= 0.3 is 0 Å². The van der Waals surface area contributed by atoms with Crippen LogP contribution in [0.4, 0.5) is 0 Å². The van der Waals surface area contributed by atoms with Gasteiger partial charge in [-0.05, 0) is 38.6 Å². The third-order valence-electron chi connectivity index (χ3n) is 2.76. The molecule has 90 valence electrons. The second-order valence-electron chi connectivity index (χ2n) is 4.47. The van der Waals surface area contributed by atoms with Crippen LogP contribution in [-0.2, 0) is 13.1 Å². The fourth-order valence-corrected chi connectivity index (χ4v) is 1.99. The summed E-state index contributed by atoms with van der Waals surface area (Å²) in [7, 11) is 2.11. The largest absolute Gasteiger partial charge is 0.466 e. The van der Waals surface area contributed by atoms with Crippen molar-refractivity contribution in [2.75, 3.05) is 7.05 Å². The van der Waals surface area contributed by atoms with E-state index < -0.39 is 0 Å². The highest BCUT2D eigenvalue weighted by Gasteiger charge is 2.08. The van der Waals surface area contributed by atoms with Gasteiger partial charge in [0, 0.05) is 31.0 Å².